The summed E-state index contributed by atoms with van der Waals surface area (Å²) in [6.07, 6.45) is 3.80. The summed E-state index contributed by atoms with van der Waals surface area (Å²) in [5, 5.41) is 6.98. The van der Waals surface area contributed by atoms with Gasteiger partial charge in [0.15, 0.2) is 0 Å². The molecule has 19 heavy (non-hydrogen) atoms. The van der Waals surface area contributed by atoms with Gasteiger partial charge in [-0.05, 0) is 40.0 Å². The molecule has 1 amide bonds. The summed E-state index contributed by atoms with van der Waals surface area (Å²) >= 11 is 0. The summed E-state index contributed by atoms with van der Waals surface area (Å²) in [5.41, 5.74) is 7.75. The van der Waals surface area contributed by atoms with Crippen LogP contribution in [0.2, 0.25) is 0 Å². The monoisotopic (exact) mass is 265 g/mol. The maximum absolute atomic E-state index is 12.3. The molecular weight excluding hydrogens is 242 g/mol. The van der Waals surface area contributed by atoms with Crippen molar-refractivity contribution in [1.29, 1.82) is 0 Å². The Morgan fingerprint density at radius 3 is 2.79 bits per heavy atom. The number of carbonyl (C=O) groups excluding carboxylic acids is 1. The van der Waals surface area contributed by atoms with Gasteiger partial charge in [-0.15, -0.1) is 0 Å². The van der Waals surface area contributed by atoms with E-state index in [2.05, 4.69) is 10.5 Å². The molecule has 1 aromatic heterocycles. The van der Waals surface area contributed by atoms with Gasteiger partial charge in [-0.2, -0.15) is 0 Å². The predicted molar refractivity (Wildman–Crippen MR) is 72.5 cm³/mol. The van der Waals surface area contributed by atoms with E-state index in [9.17, 15) is 4.79 Å². The number of carbonyl (C=O) groups is 1. The van der Waals surface area contributed by atoms with Crippen molar-refractivity contribution in [2.75, 3.05) is 0 Å². The molecule has 1 aliphatic carbocycles. The van der Waals surface area contributed by atoms with E-state index >= 15 is 0 Å². The van der Waals surface area contributed by atoms with Crippen LogP contribution in [0.1, 0.15) is 55.7 Å². The van der Waals surface area contributed by atoms with Crippen LogP contribution in [-0.2, 0) is 4.79 Å². The number of nitrogens with one attached hydrogen (secondary N) is 1. The van der Waals surface area contributed by atoms with Gasteiger partial charge in [0.25, 0.3) is 0 Å². The van der Waals surface area contributed by atoms with Crippen LogP contribution in [0, 0.1) is 19.8 Å². The Morgan fingerprint density at radius 2 is 2.21 bits per heavy atom. The van der Waals surface area contributed by atoms with Gasteiger partial charge in [0.05, 0.1) is 11.7 Å². The number of hydrogen-bond donors (Lipinski definition) is 2. The zero-order valence-corrected chi connectivity index (χ0v) is 11.9. The quantitative estimate of drug-likeness (QED) is 0.875. The second-order valence-corrected chi connectivity index (χ2v) is 5.59. The second-order valence-electron chi connectivity index (χ2n) is 5.59. The molecule has 2 rings (SSSR count). The normalized spacial score (nSPS) is 25.1. The first-order valence-corrected chi connectivity index (χ1v) is 6.97. The number of nitrogens with zero attached hydrogens (tertiary/aromatic N) is 1. The highest BCUT2D eigenvalue weighted by Crippen LogP contribution is 2.25. The number of hydrogen-bond acceptors (Lipinski definition) is 4. The van der Waals surface area contributed by atoms with E-state index in [0.29, 0.717) is 0 Å². The smallest absolute Gasteiger partial charge is 0.223 e. The van der Waals surface area contributed by atoms with Gasteiger partial charge in [-0.1, -0.05) is 11.6 Å². The largest absolute Gasteiger partial charge is 0.361 e. The van der Waals surface area contributed by atoms with Gasteiger partial charge in [0.2, 0.25) is 5.91 Å². The average Bonchev–Trinajstić information content (AvgIpc) is 2.69. The molecule has 0 aliphatic heterocycles. The van der Waals surface area contributed by atoms with E-state index in [-0.39, 0.29) is 23.9 Å². The highest BCUT2D eigenvalue weighted by molar-refractivity contribution is 5.79. The minimum atomic E-state index is -0.0723. The molecule has 1 aromatic rings. The lowest BCUT2D eigenvalue weighted by atomic mass is 9.85. The maximum atomic E-state index is 12.3. The molecular formula is C14H23N3O2. The Labute approximate surface area is 113 Å². The van der Waals surface area contributed by atoms with Gasteiger partial charge >= 0.3 is 0 Å². The molecule has 0 aromatic carbocycles. The fraction of sp³-hybridized carbons (Fsp3) is 0.714. The van der Waals surface area contributed by atoms with Gasteiger partial charge < -0.3 is 15.6 Å². The molecule has 5 heteroatoms. The van der Waals surface area contributed by atoms with E-state index in [1.807, 2.05) is 20.8 Å². The topological polar surface area (TPSA) is 81.2 Å². The Hall–Kier alpha value is -1.36. The van der Waals surface area contributed by atoms with Crippen LogP contribution in [-0.4, -0.2) is 17.1 Å². The van der Waals surface area contributed by atoms with Gasteiger partial charge in [-0.3, -0.25) is 4.79 Å². The summed E-state index contributed by atoms with van der Waals surface area (Å²) in [5.74, 6) is 0.917. The molecule has 3 N–H and O–H groups in total. The standard InChI is InChI=1S/C14H23N3O2/c1-8(13-9(2)17-19-10(13)3)16-14(18)11-5-4-6-12(15)7-11/h8,11-12H,4-7,15H2,1-3H3,(H,16,18). The zero-order valence-electron chi connectivity index (χ0n) is 11.9. The lowest BCUT2D eigenvalue weighted by Crippen LogP contribution is -2.38. The number of amides is 1. The van der Waals surface area contributed by atoms with E-state index in [0.717, 1.165) is 42.7 Å². The highest BCUT2D eigenvalue weighted by Gasteiger charge is 2.27. The van der Waals surface area contributed by atoms with Gasteiger partial charge in [0.1, 0.15) is 5.76 Å². The molecule has 1 fully saturated rings. The summed E-state index contributed by atoms with van der Waals surface area (Å²) in [7, 11) is 0. The number of aryl methyl sites for hydroxylation is 2. The SMILES string of the molecule is Cc1noc(C)c1C(C)NC(=O)C1CCCC(N)C1. The highest BCUT2D eigenvalue weighted by atomic mass is 16.5. The first-order chi connectivity index (χ1) is 8.99. The first-order valence-electron chi connectivity index (χ1n) is 6.97. The van der Waals surface area contributed by atoms with Crippen LogP contribution in [0.3, 0.4) is 0 Å². The van der Waals surface area contributed by atoms with Crippen LogP contribution >= 0.6 is 0 Å². The summed E-state index contributed by atoms with van der Waals surface area (Å²) in [4.78, 5) is 12.3. The third-order valence-electron chi connectivity index (χ3n) is 3.97. The first kappa shape index (κ1) is 14.1. The van der Waals surface area contributed by atoms with Crippen molar-refractivity contribution in [2.45, 2.75) is 58.5 Å². The molecule has 1 saturated carbocycles. The summed E-state index contributed by atoms with van der Waals surface area (Å²) in [6.45, 7) is 5.73. The second kappa shape index (κ2) is 5.74. The predicted octanol–water partition coefficient (Wildman–Crippen LogP) is 1.99. The van der Waals surface area contributed by atoms with Crippen molar-refractivity contribution in [1.82, 2.24) is 10.5 Å². The number of aromatic nitrogens is 1. The third kappa shape index (κ3) is 3.15. The molecule has 3 atom stereocenters. The molecule has 5 nitrogen and oxygen atoms in total. The zero-order chi connectivity index (χ0) is 14.0. The van der Waals surface area contributed by atoms with E-state index in [1.165, 1.54) is 0 Å². The fourth-order valence-corrected chi connectivity index (χ4v) is 2.98. The van der Waals surface area contributed by atoms with E-state index < -0.39 is 0 Å². The minimum absolute atomic E-state index is 0.0478. The van der Waals surface area contributed by atoms with Crippen molar-refractivity contribution < 1.29 is 9.32 Å². The van der Waals surface area contributed by atoms with Crippen molar-refractivity contribution in [3.05, 3.63) is 17.0 Å². The van der Waals surface area contributed by atoms with Crippen molar-refractivity contribution in [2.24, 2.45) is 11.7 Å². The Balaban J connectivity index is 1.99. The molecule has 106 valence electrons. The van der Waals surface area contributed by atoms with Crippen LogP contribution in [0.15, 0.2) is 4.52 Å². The third-order valence-corrected chi connectivity index (χ3v) is 3.97. The molecule has 0 saturated heterocycles. The van der Waals surface area contributed by atoms with Crippen LogP contribution in [0.5, 0.6) is 0 Å². The molecule has 0 radical (unpaired) electrons. The lowest BCUT2D eigenvalue weighted by Gasteiger charge is -2.27. The van der Waals surface area contributed by atoms with Crippen molar-refractivity contribution in [3.63, 3.8) is 0 Å². The van der Waals surface area contributed by atoms with Gasteiger partial charge in [0, 0.05) is 17.5 Å². The summed E-state index contributed by atoms with van der Waals surface area (Å²) in [6, 6.07) is 0.0933. The van der Waals surface area contributed by atoms with E-state index in [4.69, 9.17) is 10.3 Å². The summed E-state index contributed by atoms with van der Waals surface area (Å²) < 4.78 is 5.14. The Kier molecular flexibility index (Phi) is 4.24. The fourth-order valence-electron chi connectivity index (χ4n) is 2.98. The Morgan fingerprint density at radius 1 is 1.47 bits per heavy atom. The van der Waals surface area contributed by atoms with Crippen LogP contribution < -0.4 is 11.1 Å². The van der Waals surface area contributed by atoms with Crippen molar-refractivity contribution >= 4 is 5.91 Å². The molecule has 0 bridgehead atoms. The van der Waals surface area contributed by atoms with E-state index in [1.54, 1.807) is 0 Å². The average molecular weight is 265 g/mol. The molecule has 1 aliphatic rings. The number of rotatable bonds is 3. The van der Waals surface area contributed by atoms with Gasteiger partial charge in [-0.25, -0.2) is 0 Å². The molecule has 3 unspecified atom stereocenters. The van der Waals surface area contributed by atoms with Crippen LogP contribution in [0.4, 0.5) is 0 Å². The van der Waals surface area contributed by atoms with Crippen molar-refractivity contribution in [3.8, 4) is 0 Å². The maximum Gasteiger partial charge on any atom is 0.223 e. The Bertz CT molecular complexity index is 436. The lowest BCUT2D eigenvalue weighted by molar-refractivity contribution is -0.126. The molecule has 1 heterocycles. The minimum Gasteiger partial charge on any atom is -0.361 e. The number of nitrogens with two attached hydrogens (primary N) is 1. The van der Waals surface area contributed by atoms with Crippen LogP contribution in [0.25, 0.3) is 0 Å². The molecule has 0 spiro atoms.